The van der Waals surface area contributed by atoms with Crippen LogP contribution >= 0.6 is 11.8 Å². The molecule has 0 amide bonds. The van der Waals surface area contributed by atoms with Gasteiger partial charge in [0.2, 0.25) is 0 Å². The summed E-state index contributed by atoms with van der Waals surface area (Å²) in [5.74, 6) is 1.36. The maximum Gasteiger partial charge on any atom is 0.306 e. The molecular weight excluding hydrogens is 236 g/mol. The predicted molar refractivity (Wildman–Crippen MR) is 67.7 cm³/mol. The van der Waals surface area contributed by atoms with E-state index in [2.05, 4.69) is 4.98 Å². The lowest BCUT2D eigenvalue weighted by Gasteiger charge is -2.12. The van der Waals surface area contributed by atoms with Gasteiger partial charge in [-0.3, -0.25) is 4.79 Å². The molecule has 5 heteroatoms. The number of nitrogens with two attached hydrogens (primary N) is 1. The van der Waals surface area contributed by atoms with Gasteiger partial charge in [-0.05, 0) is 30.4 Å². The SMILES string of the molecule is COC(=O)CC1(CSc2ccc(N)nc2)CC1. The Kier molecular flexibility index (Phi) is 3.57. The van der Waals surface area contributed by atoms with E-state index in [1.165, 1.54) is 7.11 Å². The van der Waals surface area contributed by atoms with Crippen LogP contribution in [0, 0.1) is 5.41 Å². The van der Waals surface area contributed by atoms with Gasteiger partial charge in [-0.2, -0.15) is 0 Å². The minimum atomic E-state index is -0.112. The van der Waals surface area contributed by atoms with E-state index in [1.807, 2.05) is 6.07 Å². The van der Waals surface area contributed by atoms with Crippen molar-refractivity contribution in [2.24, 2.45) is 5.41 Å². The first kappa shape index (κ1) is 12.2. The van der Waals surface area contributed by atoms with Gasteiger partial charge in [0, 0.05) is 16.8 Å². The lowest BCUT2D eigenvalue weighted by molar-refractivity contribution is -0.141. The smallest absolute Gasteiger partial charge is 0.306 e. The fourth-order valence-corrected chi connectivity index (χ4v) is 2.80. The molecule has 1 aliphatic carbocycles. The number of pyridine rings is 1. The van der Waals surface area contributed by atoms with Crippen LogP contribution in [0.25, 0.3) is 0 Å². The molecule has 0 saturated heterocycles. The number of hydrogen-bond acceptors (Lipinski definition) is 5. The van der Waals surface area contributed by atoms with Gasteiger partial charge in [-0.1, -0.05) is 0 Å². The third-order valence-electron chi connectivity index (χ3n) is 3.01. The lowest BCUT2D eigenvalue weighted by atomic mass is 10.1. The van der Waals surface area contributed by atoms with E-state index in [-0.39, 0.29) is 11.4 Å². The third-order valence-corrected chi connectivity index (χ3v) is 4.34. The van der Waals surface area contributed by atoms with Crippen molar-refractivity contribution in [2.45, 2.75) is 24.2 Å². The molecule has 1 aliphatic rings. The molecule has 4 nitrogen and oxygen atoms in total. The summed E-state index contributed by atoms with van der Waals surface area (Å²) in [6.07, 6.45) is 4.52. The first-order valence-electron chi connectivity index (χ1n) is 5.55. The largest absolute Gasteiger partial charge is 0.469 e. The Hall–Kier alpha value is -1.23. The van der Waals surface area contributed by atoms with Gasteiger partial charge in [-0.15, -0.1) is 11.8 Å². The van der Waals surface area contributed by atoms with Gasteiger partial charge < -0.3 is 10.5 Å². The van der Waals surface area contributed by atoms with Crippen molar-refractivity contribution in [3.05, 3.63) is 18.3 Å². The van der Waals surface area contributed by atoms with Crippen molar-refractivity contribution in [1.82, 2.24) is 4.98 Å². The summed E-state index contributed by atoms with van der Waals surface area (Å²) >= 11 is 1.73. The molecule has 2 N–H and O–H groups in total. The van der Waals surface area contributed by atoms with Crippen molar-refractivity contribution in [3.8, 4) is 0 Å². The van der Waals surface area contributed by atoms with Crippen molar-refractivity contribution in [3.63, 3.8) is 0 Å². The second-order valence-electron chi connectivity index (χ2n) is 4.46. The summed E-state index contributed by atoms with van der Waals surface area (Å²) in [6.45, 7) is 0. The van der Waals surface area contributed by atoms with E-state index in [0.29, 0.717) is 12.2 Å². The summed E-state index contributed by atoms with van der Waals surface area (Å²) in [4.78, 5) is 16.4. The van der Waals surface area contributed by atoms with E-state index in [1.54, 1.807) is 24.0 Å². The quantitative estimate of drug-likeness (QED) is 0.642. The van der Waals surface area contributed by atoms with Crippen LogP contribution < -0.4 is 5.73 Å². The summed E-state index contributed by atoms with van der Waals surface area (Å²) in [6, 6.07) is 3.75. The Morgan fingerprint density at radius 1 is 1.59 bits per heavy atom. The molecule has 0 aromatic carbocycles. The Morgan fingerprint density at radius 3 is 2.88 bits per heavy atom. The number of rotatable bonds is 5. The van der Waals surface area contributed by atoms with E-state index in [9.17, 15) is 4.79 Å². The highest BCUT2D eigenvalue weighted by molar-refractivity contribution is 7.99. The van der Waals surface area contributed by atoms with Crippen molar-refractivity contribution in [1.29, 1.82) is 0 Å². The van der Waals surface area contributed by atoms with Crippen molar-refractivity contribution >= 4 is 23.5 Å². The van der Waals surface area contributed by atoms with Crippen LogP contribution in [0.2, 0.25) is 0 Å². The number of hydrogen-bond donors (Lipinski definition) is 1. The molecule has 92 valence electrons. The number of carbonyl (C=O) groups excluding carboxylic acids is 1. The number of nitrogen functional groups attached to an aromatic ring is 1. The fourth-order valence-electron chi connectivity index (χ4n) is 1.64. The summed E-state index contributed by atoms with van der Waals surface area (Å²) in [5, 5.41) is 0. The highest BCUT2D eigenvalue weighted by Crippen LogP contribution is 2.52. The van der Waals surface area contributed by atoms with Crippen molar-refractivity contribution in [2.75, 3.05) is 18.6 Å². The number of thioether (sulfide) groups is 1. The van der Waals surface area contributed by atoms with Gasteiger partial charge in [0.05, 0.1) is 13.5 Å². The van der Waals surface area contributed by atoms with E-state index in [4.69, 9.17) is 10.5 Å². The van der Waals surface area contributed by atoms with Crippen molar-refractivity contribution < 1.29 is 9.53 Å². The zero-order valence-corrected chi connectivity index (χ0v) is 10.6. The van der Waals surface area contributed by atoms with Crippen LogP contribution in [-0.2, 0) is 9.53 Å². The van der Waals surface area contributed by atoms with E-state index in [0.717, 1.165) is 23.5 Å². The maximum atomic E-state index is 11.3. The Morgan fingerprint density at radius 2 is 2.35 bits per heavy atom. The molecule has 0 aliphatic heterocycles. The zero-order chi connectivity index (χ0) is 12.3. The number of anilines is 1. The second-order valence-corrected chi connectivity index (χ2v) is 5.51. The van der Waals surface area contributed by atoms with Gasteiger partial charge in [0.1, 0.15) is 5.82 Å². The number of aromatic nitrogens is 1. The standard InChI is InChI=1S/C12H16N2O2S/c1-16-11(15)6-12(4-5-12)8-17-9-2-3-10(13)14-7-9/h2-3,7H,4-6,8H2,1H3,(H2,13,14). The van der Waals surface area contributed by atoms with Crippen LogP contribution in [0.1, 0.15) is 19.3 Å². The maximum absolute atomic E-state index is 11.3. The molecule has 1 heterocycles. The average molecular weight is 252 g/mol. The van der Waals surface area contributed by atoms with Gasteiger partial charge in [0.25, 0.3) is 0 Å². The summed E-state index contributed by atoms with van der Waals surface area (Å²) < 4.78 is 4.72. The molecule has 0 bridgehead atoms. The Labute approximate surface area is 105 Å². The number of ether oxygens (including phenoxy) is 1. The molecule has 1 fully saturated rings. The molecule has 0 unspecified atom stereocenters. The van der Waals surface area contributed by atoms with E-state index >= 15 is 0 Å². The molecule has 1 saturated carbocycles. The predicted octanol–water partition coefficient (Wildman–Crippen LogP) is 2.10. The summed E-state index contributed by atoms with van der Waals surface area (Å²) in [5.41, 5.74) is 5.68. The Bertz CT molecular complexity index is 401. The fraction of sp³-hybridized carbons (Fsp3) is 0.500. The molecule has 0 spiro atoms. The normalized spacial score (nSPS) is 16.5. The highest BCUT2D eigenvalue weighted by atomic mass is 32.2. The molecule has 0 atom stereocenters. The monoisotopic (exact) mass is 252 g/mol. The molecule has 1 aromatic rings. The highest BCUT2D eigenvalue weighted by Gasteiger charge is 2.44. The molecule has 1 aromatic heterocycles. The topological polar surface area (TPSA) is 65.2 Å². The zero-order valence-electron chi connectivity index (χ0n) is 9.81. The van der Waals surface area contributed by atoms with Gasteiger partial charge in [-0.25, -0.2) is 4.98 Å². The third kappa shape index (κ3) is 3.36. The molecule has 2 rings (SSSR count). The molecule has 17 heavy (non-hydrogen) atoms. The second kappa shape index (κ2) is 4.96. The summed E-state index contributed by atoms with van der Waals surface area (Å²) in [7, 11) is 1.44. The molecular formula is C12H16N2O2S. The van der Waals surface area contributed by atoms with Crippen LogP contribution in [0.4, 0.5) is 5.82 Å². The van der Waals surface area contributed by atoms with Crippen LogP contribution in [0.15, 0.2) is 23.2 Å². The van der Waals surface area contributed by atoms with Gasteiger partial charge in [0.15, 0.2) is 0 Å². The van der Waals surface area contributed by atoms with Crippen LogP contribution in [-0.4, -0.2) is 23.8 Å². The average Bonchev–Trinajstić information content (AvgIpc) is 3.09. The number of esters is 1. The van der Waals surface area contributed by atoms with Gasteiger partial charge >= 0.3 is 5.97 Å². The molecule has 0 radical (unpaired) electrons. The number of methoxy groups -OCH3 is 1. The first-order chi connectivity index (χ1) is 8.13. The lowest BCUT2D eigenvalue weighted by Crippen LogP contribution is -2.12. The number of nitrogens with zero attached hydrogens (tertiary/aromatic N) is 1. The van der Waals surface area contributed by atoms with E-state index < -0.39 is 0 Å². The first-order valence-corrected chi connectivity index (χ1v) is 6.53. The minimum absolute atomic E-state index is 0.112. The minimum Gasteiger partial charge on any atom is -0.469 e. The van der Waals surface area contributed by atoms with Crippen LogP contribution in [0.3, 0.4) is 0 Å². The Balaban J connectivity index is 1.85. The number of carbonyl (C=O) groups is 1. The van der Waals surface area contributed by atoms with Crippen LogP contribution in [0.5, 0.6) is 0 Å².